The van der Waals surface area contributed by atoms with Crippen LogP contribution in [0.1, 0.15) is 18.1 Å². The SMILES string of the molecule is CCc1ccc(Nc2nn(C[NH+](C)Cc3ccccc3)c(=S)s2)cc1. The fourth-order valence-corrected chi connectivity index (χ4v) is 3.69. The highest BCUT2D eigenvalue weighted by Gasteiger charge is 2.09. The van der Waals surface area contributed by atoms with Crippen LogP contribution in [0.4, 0.5) is 10.8 Å². The van der Waals surface area contributed by atoms with Gasteiger partial charge in [-0.1, -0.05) is 60.7 Å². The van der Waals surface area contributed by atoms with Gasteiger partial charge in [0.2, 0.25) is 5.13 Å². The predicted molar refractivity (Wildman–Crippen MR) is 107 cm³/mol. The van der Waals surface area contributed by atoms with Gasteiger partial charge < -0.3 is 10.2 Å². The Balaban J connectivity index is 1.64. The average Bonchev–Trinajstić information content (AvgIpc) is 2.95. The lowest BCUT2D eigenvalue weighted by Gasteiger charge is -2.13. The van der Waals surface area contributed by atoms with Crippen LogP contribution in [0.3, 0.4) is 0 Å². The first kappa shape index (κ1) is 17.8. The van der Waals surface area contributed by atoms with Gasteiger partial charge >= 0.3 is 0 Å². The van der Waals surface area contributed by atoms with Crippen LogP contribution < -0.4 is 10.2 Å². The topological polar surface area (TPSA) is 34.3 Å². The summed E-state index contributed by atoms with van der Waals surface area (Å²) in [5.41, 5.74) is 3.68. The van der Waals surface area contributed by atoms with Crippen molar-refractivity contribution in [3.63, 3.8) is 0 Å². The summed E-state index contributed by atoms with van der Waals surface area (Å²) < 4.78 is 2.70. The number of rotatable bonds is 7. The van der Waals surface area contributed by atoms with E-state index in [1.807, 2.05) is 10.7 Å². The van der Waals surface area contributed by atoms with Gasteiger partial charge in [-0.2, -0.15) is 4.68 Å². The Morgan fingerprint density at radius 2 is 1.80 bits per heavy atom. The van der Waals surface area contributed by atoms with E-state index >= 15 is 0 Å². The van der Waals surface area contributed by atoms with Gasteiger partial charge in [-0.3, -0.25) is 0 Å². The van der Waals surface area contributed by atoms with Crippen LogP contribution in [0.5, 0.6) is 0 Å². The van der Waals surface area contributed by atoms with Gasteiger partial charge in [0.05, 0.1) is 7.05 Å². The maximum absolute atomic E-state index is 5.48. The standard InChI is InChI=1S/C19H22N4S2/c1-3-15-9-11-17(12-10-15)20-18-21-23(19(24)25-18)14-22(2)13-16-7-5-4-6-8-16/h4-12H,3,13-14H2,1-2H3,(H,20,21)/p+1. The van der Waals surface area contributed by atoms with Crippen molar-refractivity contribution < 1.29 is 4.90 Å². The van der Waals surface area contributed by atoms with Crippen LogP contribution in [0.15, 0.2) is 54.6 Å². The van der Waals surface area contributed by atoms with Crippen molar-refractivity contribution in [2.45, 2.75) is 26.6 Å². The average molecular weight is 372 g/mol. The minimum atomic E-state index is 0.751. The molecule has 0 aliphatic heterocycles. The lowest BCUT2D eigenvalue weighted by atomic mass is 10.1. The number of aryl methyl sites for hydroxylation is 1. The van der Waals surface area contributed by atoms with E-state index in [0.29, 0.717) is 0 Å². The van der Waals surface area contributed by atoms with Crippen molar-refractivity contribution in [3.05, 3.63) is 69.7 Å². The first-order chi connectivity index (χ1) is 12.1. The van der Waals surface area contributed by atoms with Gasteiger partial charge in [0.25, 0.3) is 0 Å². The van der Waals surface area contributed by atoms with E-state index in [1.54, 1.807) is 0 Å². The zero-order chi connectivity index (χ0) is 17.6. The van der Waals surface area contributed by atoms with E-state index in [0.717, 1.165) is 34.4 Å². The molecular weight excluding hydrogens is 348 g/mol. The maximum Gasteiger partial charge on any atom is 0.209 e. The fourth-order valence-electron chi connectivity index (χ4n) is 2.66. The van der Waals surface area contributed by atoms with Gasteiger partial charge in [0.15, 0.2) is 10.6 Å². The second-order valence-corrected chi connectivity index (χ2v) is 7.75. The van der Waals surface area contributed by atoms with Crippen molar-refractivity contribution in [3.8, 4) is 0 Å². The molecule has 1 aromatic heterocycles. The summed E-state index contributed by atoms with van der Waals surface area (Å²) in [7, 11) is 2.16. The quantitative estimate of drug-likeness (QED) is 0.622. The van der Waals surface area contributed by atoms with Gasteiger partial charge in [0, 0.05) is 11.3 Å². The van der Waals surface area contributed by atoms with E-state index in [4.69, 9.17) is 12.2 Å². The summed E-state index contributed by atoms with van der Waals surface area (Å²) in [4.78, 5) is 1.34. The molecule has 25 heavy (non-hydrogen) atoms. The minimum absolute atomic E-state index is 0.751. The lowest BCUT2D eigenvalue weighted by Crippen LogP contribution is -3.07. The maximum atomic E-state index is 5.48. The molecule has 2 aromatic carbocycles. The second-order valence-electron chi connectivity index (χ2n) is 6.13. The molecule has 0 aliphatic carbocycles. The van der Waals surface area contributed by atoms with Crippen LogP contribution >= 0.6 is 23.6 Å². The Labute approximate surface area is 157 Å². The molecule has 1 unspecified atom stereocenters. The van der Waals surface area contributed by atoms with Crippen molar-refractivity contribution in [1.82, 2.24) is 9.78 Å². The van der Waals surface area contributed by atoms with E-state index in [-0.39, 0.29) is 0 Å². The smallest absolute Gasteiger partial charge is 0.209 e. The van der Waals surface area contributed by atoms with Crippen LogP contribution in [0, 0.1) is 3.95 Å². The Bertz CT molecular complexity index is 853. The van der Waals surface area contributed by atoms with E-state index in [9.17, 15) is 0 Å². The third-order valence-electron chi connectivity index (χ3n) is 3.99. The van der Waals surface area contributed by atoms with Gasteiger partial charge in [0.1, 0.15) is 6.54 Å². The molecule has 0 radical (unpaired) electrons. The Morgan fingerprint density at radius 1 is 1.08 bits per heavy atom. The van der Waals surface area contributed by atoms with Crippen LogP contribution in [0.2, 0.25) is 0 Å². The molecule has 0 saturated carbocycles. The lowest BCUT2D eigenvalue weighted by molar-refractivity contribution is -0.917. The van der Waals surface area contributed by atoms with E-state index in [2.05, 4.69) is 72.9 Å². The number of hydrogen-bond acceptors (Lipinski definition) is 4. The Morgan fingerprint density at radius 3 is 2.48 bits per heavy atom. The van der Waals surface area contributed by atoms with Crippen LogP contribution in [-0.2, 0) is 19.6 Å². The van der Waals surface area contributed by atoms with Crippen molar-refractivity contribution in [1.29, 1.82) is 0 Å². The molecule has 3 rings (SSSR count). The highest BCUT2D eigenvalue weighted by Crippen LogP contribution is 2.20. The molecule has 1 heterocycles. The molecule has 0 aliphatic rings. The minimum Gasteiger partial charge on any atom is -0.330 e. The van der Waals surface area contributed by atoms with Crippen molar-refractivity contribution >= 4 is 34.4 Å². The number of aromatic nitrogens is 2. The normalized spacial score (nSPS) is 12.1. The van der Waals surface area contributed by atoms with Gasteiger partial charge in [-0.25, -0.2) is 0 Å². The first-order valence-electron chi connectivity index (χ1n) is 8.43. The van der Waals surface area contributed by atoms with Crippen LogP contribution in [0.25, 0.3) is 0 Å². The molecule has 0 amide bonds. The van der Waals surface area contributed by atoms with E-state index < -0.39 is 0 Å². The molecule has 0 saturated heterocycles. The van der Waals surface area contributed by atoms with Crippen molar-refractivity contribution in [2.24, 2.45) is 0 Å². The molecule has 6 heteroatoms. The number of nitrogens with zero attached hydrogens (tertiary/aromatic N) is 2. The molecule has 130 valence electrons. The van der Waals surface area contributed by atoms with Crippen LogP contribution in [-0.4, -0.2) is 16.8 Å². The Hall–Kier alpha value is -2.02. The highest BCUT2D eigenvalue weighted by atomic mass is 32.1. The summed E-state index contributed by atoms with van der Waals surface area (Å²) in [5, 5.41) is 8.81. The monoisotopic (exact) mass is 371 g/mol. The van der Waals surface area contributed by atoms with E-state index in [1.165, 1.54) is 27.4 Å². The van der Waals surface area contributed by atoms with Gasteiger partial charge in [-0.15, -0.1) is 5.10 Å². The highest BCUT2D eigenvalue weighted by molar-refractivity contribution is 7.73. The number of benzene rings is 2. The summed E-state index contributed by atoms with van der Waals surface area (Å²) >= 11 is 6.99. The zero-order valence-electron chi connectivity index (χ0n) is 14.5. The summed E-state index contributed by atoms with van der Waals surface area (Å²) in [6.45, 7) is 3.85. The fraction of sp³-hybridized carbons (Fsp3) is 0.263. The molecule has 0 fully saturated rings. The third kappa shape index (κ3) is 4.98. The number of quaternary nitrogens is 1. The third-order valence-corrected chi connectivity index (χ3v) is 5.21. The predicted octanol–water partition coefficient (Wildman–Crippen LogP) is 3.65. The number of hydrogen-bond donors (Lipinski definition) is 2. The molecule has 0 spiro atoms. The largest absolute Gasteiger partial charge is 0.330 e. The molecule has 0 bridgehead atoms. The summed E-state index contributed by atoms with van der Waals surface area (Å²) in [6.07, 6.45) is 1.05. The van der Waals surface area contributed by atoms with Gasteiger partial charge in [-0.05, 0) is 36.3 Å². The number of anilines is 2. The number of nitrogens with one attached hydrogen (secondary N) is 2. The first-order valence-corrected chi connectivity index (χ1v) is 9.65. The molecule has 2 N–H and O–H groups in total. The summed E-state index contributed by atoms with van der Waals surface area (Å²) in [5.74, 6) is 0. The molecule has 1 atom stereocenters. The zero-order valence-corrected chi connectivity index (χ0v) is 16.2. The second kappa shape index (κ2) is 8.38. The van der Waals surface area contributed by atoms with Crippen molar-refractivity contribution in [2.75, 3.05) is 12.4 Å². The molecule has 4 nitrogen and oxygen atoms in total. The molecular formula is C19H23N4S2+. The summed E-state index contributed by atoms with van der Waals surface area (Å²) in [6, 6.07) is 18.9. The molecule has 3 aromatic rings. The Kier molecular flexibility index (Phi) is 5.96.